The van der Waals surface area contributed by atoms with E-state index < -0.39 is 0 Å². The Bertz CT molecular complexity index is 282. The summed E-state index contributed by atoms with van der Waals surface area (Å²) in [5, 5.41) is 0. The maximum Gasteiger partial charge on any atom is -0.0414 e. The summed E-state index contributed by atoms with van der Waals surface area (Å²) in [6.07, 6.45) is 38.3. The molecule has 0 aromatic heterocycles. The molecule has 1 unspecified atom stereocenters. The molecular formula is C30H62. The molecule has 0 fully saturated rings. The van der Waals surface area contributed by atoms with Gasteiger partial charge in [0.2, 0.25) is 0 Å². The van der Waals surface area contributed by atoms with Gasteiger partial charge >= 0.3 is 0 Å². The summed E-state index contributed by atoms with van der Waals surface area (Å²) in [6, 6.07) is 0. The van der Waals surface area contributed by atoms with Crippen molar-refractivity contribution in [3.05, 3.63) is 0 Å². The maximum atomic E-state index is 2.35. The standard InChI is InChI=1S/C30H62/c1-4-7-10-12-13-14-15-16-17-18-19-20-21-22-23-24-26-29-30(27-9-6-3)28-25-11-8-5-2/h30H,4-29H2,1-3H3. The average molecular weight is 423 g/mol. The number of hydrogen-bond acceptors (Lipinski definition) is 0. The molecule has 0 aliphatic carbocycles. The zero-order valence-electron chi connectivity index (χ0n) is 22.0. The lowest BCUT2D eigenvalue weighted by molar-refractivity contribution is 0.371. The summed E-state index contributed by atoms with van der Waals surface area (Å²) in [4.78, 5) is 0. The van der Waals surface area contributed by atoms with Crippen LogP contribution in [0.1, 0.15) is 188 Å². The molecule has 182 valence electrons. The lowest BCUT2D eigenvalue weighted by Gasteiger charge is -2.16. The van der Waals surface area contributed by atoms with E-state index in [0.29, 0.717) is 0 Å². The molecule has 0 heterocycles. The molecule has 0 bridgehead atoms. The molecule has 0 aromatic rings. The summed E-state index contributed by atoms with van der Waals surface area (Å²) in [6.45, 7) is 6.98. The van der Waals surface area contributed by atoms with Crippen molar-refractivity contribution >= 4 is 0 Å². The van der Waals surface area contributed by atoms with E-state index in [-0.39, 0.29) is 0 Å². The second-order valence-electron chi connectivity index (χ2n) is 10.3. The predicted molar refractivity (Wildman–Crippen MR) is 141 cm³/mol. The lowest BCUT2D eigenvalue weighted by atomic mass is 9.90. The molecule has 0 amide bonds. The van der Waals surface area contributed by atoms with E-state index in [1.807, 2.05) is 0 Å². The Hall–Kier alpha value is 0. The Morgan fingerprint density at radius 1 is 0.267 bits per heavy atom. The first-order valence-corrected chi connectivity index (χ1v) is 14.8. The second-order valence-corrected chi connectivity index (χ2v) is 10.3. The molecular weight excluding hydrogens is 360 g/mol. The molecule has 0 aromatic carbocycles. The van der Waals surface area contributed by atoms with E-state index in [2.05, 4.69) is 20.8 Å². The van der Waals surface area contributed by atoms with Gasteiger partial charge in [0.1, 0.15) is 0 Å². The highest BCUT2D eigenvalue weighted by Crippen LogP contribution is 2.24. The highest BCUT2D eigenvalue weighted by Gasteiger charge is 2.08. The number of hydrogen-bond donors (Lipinski definition) is 0. The fourth-order valence-corrected chi connectivity index (χ4v) is 4.94. The summed E-state index contributed by atoms with van der Waals surface area (Å²) in [5.74, 6) is 1.04. The molecule has 0 heteroatoms. The lowest BCUT2D eigenvalue weighted by Crippen LogP contribution is -2.01. The molecule has 0 rings (SSSR count). The van der Waals surface area contributed by atoms with Crippen LogP contribution in [0.25, 0.3) is 0 Å². The van der Waals surface area contributed by atoms with Gasteiger partial charge in [-0.15, -0.1) is 0 Å². The third-order valence-electron chi connectivity index (χ3n) is 7.15. The zero-order chi connectivity index (χ0) is 22.0. The van der Waals surface area contributed by atoms with Crippen LogP contribution in [0.5, 0.6) is 0 Å². The first kappa shape index (κ1) is 30.0. The van der Waals surface area contributed by atoms with Gasteiger partial charge in [-0.3, -0.25) is 0 Å². The molecule has 0 aliphatic heterocycles. The van der Waals surface area contributed by atoms with E-state index >= 15 is 0 Å². The molecule has 0 saturated heterocycles. The van der Waals surface area contributed by atoms with Crippen molar-refractivity contribution in [2.24, 2.45) is 5.92 Å². The molecule has 0 spiro atoms. The second kappa shape index (κ2) is 27.0. The zero-order valence-corrected chi connectivity index (χ0v) is 22.0. The minimum atomic E-state index is 1.04. The van der Waals surface area contributed by atoms with Gasteiger partial charge in [0, 0.05) is 0 Å². The van der Waals surface area contributed by atoms with Crippen LogP contribution >= 0.6 is 0 Å². The Labute approximate surface area is 193 Å². The summed E-state index contributed by atoms with van der Waals surface area (Å²) < 4.78 is 0. The summed E-state index contributed by atoms with van der Waals surface area (Å²) in [5.41, 5.74) is 0. The molecule has 1 atom stereocenters. The smallest absolute Gasteiger partial charge is 0.0414 e. The van der Waals surface area contributed by atoms with E-state index in [4.69, 9.17) is 0 Å². The number of unbranched alkanes of at least 4 members (excludes halogenated alkanes) is 20. The first-order chi connectivity index (χ1) is 14.8. The van der Waals surface area contributed by atoms with E-state index in [0.717, 1.165) is 5.92 Å². The van der Waals surface area contributed by atoms with Crippen molar-refractivity contribution in [3.63, 3.8) is 0 Å². The fraction of sp³-hybridized carbons (Fsp3) is 1.00. The van der Waals surface area contributed by atoms with Crippen molar-refractivity contribution in [1.29, 1.82) is 0 Å². The molecule has 0 radical (unpaired) electrons. The molecule has 0 N–H and O–H groups in total. The Balaban J connectivity index is 3.32. The molecule has 30 heavy (non-hydrogen) atoms. The monoisotopic (exact) mass is 422 g/mol. The summed E-state index contributed by atoms with van der Waals surface area (Å²) in [7, 11) is 0. The van der Waals surface area contributed by atoms with Gasteiger partial charge < -0.3 is 0 Å². The van der Waals surface area contributed by atoms with Crippen LogP contribution in [0.2, 0.25) is 0 Å². The van der Waals surface area contributed by atoms with Gasteiger partial charge in [-0.2, -0.15) is 0 Å². The van der Waals surface area contributed by atoms with Gasteiger partial charge in [0.15, 0.2) is 0 Å². The van der Waals surface area contributed by atoms with Crippen LogP contribution in [-0.4, -0.2) is 0 Å². The van der Waals surface area contributed by atoms with E-state index in [1.165, 1.54) is 167 Å². The fourth-order valence-electron chi connectivity index (χ4n) is 4.94. The van der Waals surface area contributed by atoms with Crippen LogP contribution < -0.4 is 0 Å². The van der Waals surface area contributed by atoms with Crippen molar-refractivity contribution in [2.45, 2.75) is 188 Å². The first-order valence-electron chi connectivity index (χ1n) is 14.8. The van der Waals surface area contributed by atoms with Crippen LogP contribution in [0.3, 0.4) is 0 Å². The SMILES string of the molecule is CCCCCCCCCCCCCCCCCCCC(CCCC)CCCCCC. The average Bonchev–Trinajstić information content (AvgIpc) is 2.76. The van der Waals surface area contributed by atoms with Crippen molar-refractivity contribution in [1.82, 2.24) is 0 Å². The van der Waals surface area contributed by atoms with Gasteiger partial charge in [0.25, 0.3) is 0 Å². The topological polar surface area (TPSA) is 0 Å². The van der Waals surface area contributed by atoms with Crippen LogP contribution in [0.15, 0.2) is 0 Å². The third kappa shape index (κ3) is 24.3. The molecule has 0 nitrogen and oxygen atoms in total. The normalized spacial score (nSPS) is 12.5. The Morgan fingerprint density at radius 3 is 0.833 bits per heavy atom. The minimum Gasteiger partial charge on any atom is -0.0654 e. The largest absolute Gasteiger partial charge is 0.0654 e. The van der Waals surface area contributed by atoms with Crippen LogP contribution in [-0.2, 0) is 0 Å². The predicted octanol–water partition coefficient (Wildman–Crippen LogP) is 11.8. The number of rotatable bonds is 26. The minimum absolute atomic E-state index is 1.04. The van der Waals surface area contributed by atoms with Crippen molar-refractivity contribution in [2.75, 3.05) is 0 Å². The maximum absolute atomic E-state index is 2.35. The van der Waals surface area contributed by atoms with Gasteiger partial charge in [0.05, 0.1) is 0 Å². The summed E-state index contributed by atoms with van der Waals surface area (Å²) >= 11 is 0. The van der Waals surface area contributed by atoms with Gasteiger partial charge in [-0.05, 0) is 5.92 Å². The van der Waals surface area contributed by atoms with Crippen LogP contribution in [0, 0.1) is 5.92 Å². The highest BCUT2D eigenvalue weighted by atomic mass is 14.1. The third-order valence-corrected chi connectivity index (χ3v) is 7.15. The van der Waals surface area contributed by atoms with E-state index in [1.54, 1.807) is 0 Å². The van der Waals surface area contributed by atoms with Gasteiger partial charge in [-0.1, -0.05) is 188 Å². The van der Waals surface area contributed by atoms with Crippen molar-refractivity contribution < 1.29 is 0 Å². The van der Waals surface area contributed by atoms with E-state index in [9.17, 15) is 0 Å². The highest BCUT2D eigenvalue weighted by molar-refractivity contribution is 4.61. The van der Waals surface area contributed by atoms with Gasteiger partial charge in [-0.25, -0.2) is 0 Å². The Morgan fingerprint density at radius 2 is 0.500 bits per heavy atom. The van der Waals surface area contributed by atoms with Crippen molar-refractivity contribution in [3.8, 4) is 0 Å². The van der Waals surface area contributed by atoms with Crippen LogP contribution in [0.4, 0.5) is 0 Å². The molecule has 0 saturated carbocycles. The Kier molecular flexibility index (Phi) is 27.0. The quantitative estimate of drug-likeness (QED) is 0.122. The molecule has 0 aliphatic rings.